The van der Waals surface area contributed by atoms with E-state index in [1.807, 2.05) is 31.2 Å². The number of carbonyl (C=O) groups excluding carboxylic acids is 1. The summed E-state index contributed by atoms with van der Waals surface area (Å²) in [7, 11) is 3.38. The minimum absolute atomic E-state index is 0.0368. The molecule has 0 saturated carbocycles. The molecule has 1 aromatic carbocycles. The summed E-state index contributed by atoms with van der Waals surface area (Å²) >= 11 is 5.00. The maximum atomic E-state index is 12.4. The van der Waals surface area contributed by atoms with Crippen LogP contribution in [0.4, 0.5) is 0 Å². The van der Waals surface area contributed by atoms with Crippen molar-refractivity contribution in [3.8, 4) is 5.75 Å². The van der Waals surface area contributed by atoms with Crippen LogP contribution in [0.3, 0.4) is 0 Å². The van der Waals surface area contributed by atoms with Gasteiger partial charge in [-0.1, -0.05) is 43.8 Å². The fraction of sp³-hybridized carbons (Fsp3) is 0.467. The number of benzene rings is 1. The number of hydrogen-bond acceptors (Lipinski definition) is 3. The van der Waals surface area contributed by atoms with Crippen LogP contribution in [0.1, 0.15) is 25.3 Å². The van der Waals surface area contributed by atoms with Crippen molar-refractivity contribution in [3.63, 3.8) is 0 Å². The van der Waals surface area contributed by atoms with Crippen LogP contribution < -0.4 is 10.5 Å². The SMILES string of the molecule is CCCC(C(=O)N(C)Cc1ccccc1OC)C(N)=S. The average molecular weight is 294 g/mol. The zero-order chi connectivity index (χ0) is 15.1. The molecule has 0 aliphatic carbocycles. The summed E-state index contributed by atoms with van der Waals surface area (Å²) in [5, 5.41) is 0. The van der Waals surface area contributed by atoms with Gasteiger partial charge in [0, 0.05) is 19.2 Å². The molecule has 1 unspecified atom stereocenters. The normalized spacial score (nSPS) is 11.8. The van der Waals surface area contributed by atoms with Crippen LogP contribution in [0.2, 0.25) is 0 Å². The molecule has 0 aliphatic heterocycles. The third-order valence-electron chi connectivity index (χ3n) is 3.20. The van der Waals surface area contributed by atoms with E-state index in [1.54, 1.807) is 19.1 Å². The van der Waals surface area contributed by atoms with Crippen molar-refractivity contribution < 1.29 is 9.53 Å². The topological polar surface area (TPSA) is 55.6 Å². The van der Waals surface area contributed by atoms with E-state index in [9.17, 15) is 4.79 Å². The lowest BCUT2D eigenvalue weighted by Crippen LogP contribution is -2.38. The molecule has 2 N–H and O–H groups in total. The Labute approximate surface area is 125 Å². The molecule has 0 saturated heterocycles. The first-order valence-electron chi connectivity index (χ1n) is 6.67. The van der Waals surface area contributed by atoms with Gasteiger partial charge in [0.25, 0.3) is 0 Å². The van der Waals surface area contributed by atoms with Crippen molar-refractivity contribution in [2.24, 2.45) is 11.7 Å². The van der Waals surface area contributed by atoms with Crippen LogP contribution in [0, 0.1) is 5.92 Å². The van der Waals surface area contributed by atoms with Crippen LogP contribution in [-0.4, -0.2) is 30.0 Å². The van der Waals surface area contributed by atoms with Crippen molar-refractivity contribution in [2.45, 2.75) is 26.3 Å². The number of methoxy groups -OCH3 is 1. The van der Waals surface area contributed by atoms with Gasteiger partial charge in [-0.2, -0.15) is 0 Å². The summed E-state index contributed by atoms with van der Waals surface area (Å²) in [5.74, 6) is 0.356. The molecule has 0 aromatic heterocycles. The summed E-state index contributed by atoms with van der Waals surface area (Å²) in [6, 6.07) is 7.65. The lowest BCUT2D eigenvalue weighted by atomic mass is 10.0. The molecule has 1 atom stereocenters. The van der Waals surface area contributed by atoms with Gasteiger partial charge in [0.2, 0.25) is 5.91 Å². The van der Waals surface area contributed by atoms with Gasteiger partial charge in [-0.15, -0.1) is 0 Å². The molecule has 1 amide bonds. The monoisotopic (exact) mass is 294 g/mol. The summed E-state index contributed by atoms with van der Waals surface area (Å²) in [6.45, 7) is 2.49. The number of ether oxygens (including phenoxy) is 1. The number of para-hydroxylation sites is 1. The molecule has 0 radical (unpaired) electrons. The fourth-order valence-corrected chi connectivity index (χ4v) is 2.33. The molecule has 20 heavy (non-hydrogen) atoms. The fourth-order valence-electron chi connectivity index (χ4n) is 2.11. The Hall–Kier alpha value is -1.62. The van der Waals surface area contributed by atoms with Crippen LogP contribution in [0.15, 0.2) is 24.3 Å². The molecular weight excluding hydrogens is 272 g/mol. The maximum Gasteiger partial charge on any atom is 0.232 e. The van der Waals surface area contributed by atoms with Crippen molar-refractivity contribution in [3.05, 3.63) is 29.8 Å². The summed E-state index contributed by atoms with van der Waals surface area (Å²) in [5.41, 5.74) is 6.63. The van der Waals surface area contributed by atoms with Crippen molar-refractivity contribution in [1.29, 1.82) is 0 Å². The molecule has 0 aliphatic rings. The first-order valence-corrected chi connectivity index (χ1v) is 7.08. The van der Waals surface area contributed by atoms with Crippen molar-refractivity contribution >= 4 is 23.1 Å². The Kier molecular flexibility index (Phi) is 6.45. The molecule has 4 nitrogen and oxygen atoms in total. The Balaban J connectivity index is 2.81. The number of thiocarbonyl (C=S) groups is 1. The average Bonchev–Trinajstić information content (AvgIpc) is 2.44. The molecule has 1 rings (SSSR count). The first kappa shape index (κ1) is 16.4. The predicted octanol–water partition coefficient (Wildman–Crippen LogP) is 2.36. The van der Waals surface area contributed by atoms with Gasteiger partial charge in [0.15, 0.2) is 0 Å². The van der Waals surface area contributed by atoms with Gasteiger partial charge in [-0.3, -0.25) is 4.79 Å². The summed E-state index contributed by atoms with van der Waals surface area (Å²) in [4.78, 5) is 14.3. The van der Waals surface area contributed by atoms with E-state index < -0.39 is 0 Å². The van der Waals surface area contributed by atoms with E-state index in [2.05, 4.69) is 0 Å². The van der Waals surface area contributed by atoms with Crippen LogP contribution in [0.5, 0.6) is 5.75 Å². The second-order valence-corrected chi connectivity index (χ2v) is 5.22. The van der Waals surface area contributed by atoms with E-state index in [1.165, 1.54) is 0 Å². The Morgan fingerprint density at radius 3 is 2.65 bits per heavy atom. The van der Waals surface area contributed by atoms with Crippen molar-refractivity contribution in [2.75, 3.05) is 14.2 Å². The molecule has 5 heteroatoms. The van der Waals surface area contributed by atoms with Gasteiger partial charge in [-0.25, -0.2) is 0 Å². The van der Waals surface area contributed by atoms with E-state index in [0.29, 0.717) is 13.0 Å². The number of nitrogens with zero attached hydrogens (tertiary/aromatic N) is 1. The minimum atomic E-state index is -0.380. The lowest BCUT2D eigenvalue weighted by molar-refractivity contribution is -0.132. The lowest BCUT2D eigenvalue weighted by Gasteiger charge is -2.23. The first-order chi connectivity index (χ1) is 9.51. The molecule has 110 valence electrons. The van der Waals surface area contributed by atoms with Crippen LogP contribution in [0.25, 0.3) is 0 Å². The Bertz CT molecular complexity index is 477. The molecular formula is C15H22N2O2S. The third-order valence-corrected chi connectivity index (χ3v) is 3.48. The number of nitrogens with two attached hydrogens (primary N) is 1. The highest BCUT2D eigenvalue weighted by atomic mass is 32.1. The highest BCUT2D eigenvalue weighted by Gasteiger charge is 2.24. The standard InChI is InChI=1S/C15H22N2O2S/c1-4-7-12(14(16)20)15(18)17(2)10-11-8-5-6-9-13(11)19-3/h5-6,8-9,12H,4,7,10H2,1-3H3,(H2,16,20). The van der Waals surface area contributed by atoms with E-state index >= 15 is 0 Å². The predicted molar refractivity (Wildman–Crippen MR) is 84.7 cm³/mol. The maximum absolute atomic E-state index is 12.4. The van der Waals surface area contributed by atoms with Gasteiger partial charge in [0.05, 0.1) is 18.0 Å². The third kappa shape index (κ3) is 4.20. The molecule has 1 aromatic rings. The number of rotatable bonds is 7. The zero-order valence-corrected chi connectivity index (χ0v) is 13.1. The van der Waals surface area contributed by atoms with Gasteiger partial charge >= 0.3 is 0 Å². The van der Waals surface area contributed by atoms with Crippen LogP contribution in [-0.2, 0) is 11.3 Å². The van der Waals surface area contributed by atoms with Gasteiger partial charge in [0.1, 0.15) is 5.75 Å². The molecule has 0 bridgehead atoms. The van der Waals surface area contributed by atoms with E-state index in [0.717, 1.165) is 17.7 Å². The van der Waals surface area contributed by atoms with E-state index in [4.69, 9.17) is 22.7 Å². The van der Waals surface area contributed by atoms with E-state index in [-0.39, 0.29) is 16.8 Å². The molecule has 0 heterocycles. The van der Waals surface area contributed by atoms with Crippen molar-refractivity contribution in [1.82, 2.24) is 4.90 Å². The second kappa shape index (κ2) is 7.85. The molecule has 0 fully saturated rings. The van der Waals surface area contributed by atoms with Gasteiger partial charge in [-0.05, 0) is 12.5 Å². The number of amides is 1. The Morgan fingerprint density at radius 2 is 2.10 bits per heavy atom. The van der Waals surface area contributed by atoms with Gasteiger partial charge < -0.3 is 15.4 Å². The number of carbonyl (C=O) groups is 1. The van der Waals surface area contributed by atoms with Crippen LogP contribution >= 0.6 is 12.2 Å². The second-order valence-electron chi connectivity index (χ2n) is 4.75. The highest BCUT2D eigenvalue weighted by molar-refractivity contribution is 7.80. The highest BCUT2D eigenvalue weighted by Crippen LogP contribution is 2.20. The molecule has 0 spiro atoms. The smallest absolute Gasteiger partial charge is 0.232 e. The minimum Gasteiger partial charge on any atom is -0.496 e. The largest absolute Gasteiger partial charge is 0.496 e. The zero-order valence-electron chi connectivity index (χ0n) is 12.3. The number of hydrogen-bond donors (Lipinski definition) is 1. The summed E-state index contributed by atoms with van der Waals surface area (Å²) in [6.07, 6.45) is 1.56. The Morgan fingerprint density at radius 1 is 1.45 bits per heavy atom. The quantitative estimate of drug-likeness (QED) is 0.784. The summed E-state index contributed by atoms with van der Waals surface area (Å²) < 4.78 is 5.29.